The van der Waals surface area contributed by atoms with Gasteiger partial charge in [0.2, 0.25) is 0 Å². The van der Waals surface area contributed by atoms with Gasteiger partial charge in [0, 0.05) is 31.7 Å². The van der Waals surface area contributed by atoms with Crippen LogP contribution in [0.4, 0.5) is 0 Å². The molecule has 1 atom stereocenters. The Morgan fingerprint density at radius 3 is 2.45 bits per heavy atom. The first-order chi connectivity index (χ1) is 18.4. The maximum absolute atomic E-state index is 13.4. The Bertz CT molecular complexity index is 1200. The van der Waals surface area contributed by atoms with Crippen molar-refractivity contribution in [2.24, 2.45) is 0 Å². The first-order valence-electron chi connectivity index (χ1n) is 12.9. The molecule has 4 rings (SSSR count). The van der Waals surface area contributed by atoms with E-state index in [0.29, 0.717) is 61.2 Å². The number of ketones is 1. The molecule has 1 N–H and O–H groups in total. The molecule has 0 aliphatic carbocycles. The van der Waals surface area contributed by atoms with Crippen molar-refractivity contribution in [2.45, 2.75) is 26.3 Å². The van der Waals surface area contributed by atoms with Crippen molar-refractivity contribution in [3.8, 4) is 17.2 Å². The fourth-order valence-electron chi connectivity index (χ4n) is 5.05. The van der Waals surface area contributed by atoms with Crippen LogP contribution in [0.2, 0.25) is 0 Å². The van der Waals surface area contributed by atoms with Crippen LogP contribution in [-0.4, -0.2) is 86.8 Å². The SMILES string of the molecule is CCOc1ccc([C@@H]2C(=C(O)c3ccc(OC)cc3C)C(=O)C(=O)N2CCCN2CCOCC2)cc1OC. The van der Waals surface area contributed by atoms with E-state index in [1.165, 1.54) is 0 Å². The number of hydrogen-bond acceptors (Lipinski definition) is 8. The van der Waals surface area contributed by atoms with Crippen molar-refractivity contribution in [2.75, 3.05) is 60.2 Å². The second-order valence-corrected chi connectivity index (χ2v) is 9.32. The van der Waals surface area contributed by atoms with Gasteiger partial charge in [0.1, 0.15) is 11.5 Å². The Labute approximate surface area is 223 Å². The van der Waals surface area contributed by atoms with Crippen LogP contribution in [0.15, 0.2) is 42.0 Å². The van der Waals surface area contributed by atoms with Crippen LogP contribution >= 0.6 is 0 Å². The third-order valence-corrected chi connectivity index (χ3v) is 7.01. The third-order valence-electron chi connectivity index (χ3n) is 7.01. The van der Waals surface area contributed by atoms with E-state index in [4.69, 9.17) is 18.9 Å². The number of carbonyl (C=O) groups is 2. The van der Waals surface area contributed by atoms with Gasteiger partial charge in [0.15, 0.2) is 11.5 Å². The molecule has 0 radical (unpaired) electrons. The molecule has 1 amide bonds. The molecule has 204 valence electrons. The molecule has 2 aliphatic heterocycles. The Morgan fingerprint density at radius 1 is 1.03 bits per heavy atom. The zero-order chi connectivity index (χ0) is 27.2. The van der Waals surface area contributed by atoms with E-state index in [1.54, 1.807) is 49.5 Å². The van der Waals surface area contributed by atoms with E-state index in [2.05, 4.69) is 4.90 Å². The molecule has 2 heterocycles. The van der Waals surface area contributed by atoms with Crippen molar-refractivity contribution in [1.29, 1.82) is 0 Å². The quantitative estimate of drug-likeness (QED) is 0.286. The number of benzene rings is 2. The van der Waals surface area contributed by atoms with Gasteiger partial charge in [-0.05, 0) is 61.7 Å². The van der Waals surface area contributed by atoms with Gasteiger partial charge in [-0.1, -0.05) is 6.07 Å². The van der Waals surface area contributed by atoms with E-state index in [0.717, 1.165) is 25.2 Å². The first kappa shape index (κ1) is 27.5. The fourth-order valence-corrected chi connectivity index (χ4v) is 5.05. The Balaban J connectivity index is 1.75. The molecule has 2 saturated heterocycles. The summed E-state index contributed by atoms with van der Waals surface area (Å²) >= 11 is 0. The molecular formula is C29H36N2O7. The fraction of sp³-hybridized carbons (Fsp3) is 0.448. The van der Waals surface area contributed by atoms with Gasteiger partial charge in [-0.15, -0.1) is 0 Å². The number of aliphatic hydroxyl groups is 1. The van der Waals surface area contributed by atoms with Crippen LogP contribution in [0.25, 0.3) is 5.76 Å². The van der Waals surface area contributed by atoms with E-state index in [-0.39, 0.29) is 11.3 Å². The minimum absolute atomic E-state index is 0.0563. The van der Waals surface area contributed by atoms with Gasteiger partial charge in [0.05, 0.1) is 45.7 Å². The van der Waals surface area contributed by atoms with Crippen molar-refractivity contribution < 1.29 is 33.6 Å². The van der Waals surface area contributed by atoms with Crippen LogP contribution in [-0.2, 0) is 14.3 Å². The van der Waals surface area contributed by atoms with Gasteiger partial charge in [-0.2, -0.15) is 0 Å². The van der Waals surface area contributed by atoms with Crippen LogP contribution in [0.5, 0.6) is 17.2 Å². The van der Waals surface area contributed by atoms with E-state index < -0.39 is 17.7 Å². The monoisotopic (exact) mass is 524 g/mol. The number of methoxy groups -OCH3 is 2. The highest BCUT2D eigenvalue weighted by Gasteiger charge is 2.46. The summed E-state index contributed by atoms with van der Waals surface area (Å²) < 4.78 is 21.9. The second kappa shape index (κ2) is 12.3. The maximum atomic E-state index is 13.4. The molecule has 0 unspecified atom stereocenters. The summed E-state index contributed by atoms with van der Waals surface area (Å²) in [4.78, 5) is 30.6. The summed E-state index contributed by atoms with van der Waals surface area (Å²) in [6.45, 7) is 8.38. The average Bonchev–Trinajstić information content (AvgIpc) is 3.18. The van der Waals surface area contributed by atoms with E-state index in [9.17, 15) is 14.7 Å². The molecule has 9 nitrogen and oxygen atoms in total. The molecular weight excluding hydrogens is 488 g/mol. The van der Waals surface area contributed by atoms with Crippen molar-refractivity contribution in [3.05, 3.63) is 58.7 Å². The van der Waals surface area contributed by atoms with Crippen LogP contribution in [0.1, 0.15) is 36.1 Å². The number of amides is 1. The van der Waals surface area contributed by atoms with Gasteiger partial charge >= 0.3 is 0 Å². The van der Waals surface area contributed by atoms with Crippen molar-refractivity contribution in [1.82, 2.24) is 9.80 Å². The number of aryl methyl sites for hydroxylation is 1. The smallest absolute Gasteiger partial charge is 0.295 e. The van der Waals surface area contributed by atoms with E-state index in [1.807, 2.05) is 19.9 Å². The molecule has 2 aliphatic rings. The molecule has 0 saturated carbocycles. The normalized spacial score (nSPS) is 19.6. The molecule has 0 aromatic heterocycles. The predicted octanol–water partition coefficient (Wildman–Crippen LogP) is 3.55. The molecule has 2 fully saturated rings. The molecule has 0 spiro atoms. The van der Waals surface area contributed by atoms with Crippen molar-refractivity contribution >= 4 is 17.4 Å². The summed E-state index contributed by atoms with van der Waals surface area (Å²) in [5.74, 6) is 0.143. The lowest BCUT2D eigenvalue weighted by Crippen LogP contribution is -2.39. The van der Waals surface area contributed by atoms with Gasteiger partial charge < -0.3 is 29.0 Å². The lowest BCUT2D eigenvalue weighted by atomic mass is 9.93. The highest BCUT2D eigenvalue weighted by Crippen LogP contribution is 2.42. The zero-order valence-corrected chi connectivity index (χ0v) is 22.5. The van der Waals surface area contributed by atoms with Crippen LogP contribution in [0, 0.1) is 6.92 Å². The minimum Gasteiger partial charge on any atom is -0.507 e. The van der Waals surface area contributed by atoms with Gasteiger partial charge in [0.25, 0.3) is 11.7 Å². The van der Waals surface area contributed by atoms with Gasteiger partial charge in [-0.25, -0.2) is 0 Å². The van der Waals surface area contributed by atoms with Crippen molar-refractivity contribution in [3.63, 3.8) is 0 Å². The number of likely N-dealkylation sites (tertiary alicyclic amines) is 1. The largest absolute Gasteiger partial charge is 0.507 e. The Morgan fingerprint density at radius 2 is 1.79 bits per heavy atom. The Kier molecular flexibility index (Phi) is 8.91. The highest BCUT2D eigenvalue weighted by molar-refractivity contribution is 6.46. The zero-order valence-electron chi connectivity index (χ0n) is 22.5. The topological polar surface area (TPSA) is 97.8 Å². The molecule has 2 aromatic carbocycles. The van der Waals surface area contributed by atoms with Crippen LogP contribution in [0.3, 0.4) is 0 Å². The minimum atomic E-state index is -0.772. The number of hydrogen-bond donors (Lipinski definition) is 1. The second-order valence-electron chi connectivity index (χ2n) is 9.32. The average molecular weight is 525 g/mol. The highest BCUT2D eigenvalue weighted by atomic mass is 16.5. The lowest BCUT2D eigenvalue weighted by Gasteiger charge is -2.29. The van der Waals surface area contributed by atoms with Crippen LogP contribution < -0.4 is 14.2 Å². The number of nitrogens with zero attached hydrogens (tertiary/aromatic N) is 2. The molecule has 9 heteroatoms. The molecule has 38 heavy (non-hydrogen) atoms. The molecule has 2 aromatic rings. The summed E-state index contributed by atoms with van der Waals surface area (Å²) in [5, 5.41) is 11.5. The molecule has 0 bridgehead atoms. The number of rotatable bonds is 10. The lowest BCUT2D eigenvalue weighted by molar-refractivity contribution is -0.140. The summed E-state index contributed by atoms with van der Waals surface area (Å²) in [7, 11) is 3.11. The Hall–Kier alpha value is -3.56. The number of ether oxygens (including phenoxy) is 4. The standard InChI is InChI=1S/C29H36N2O7/c1-5-38-23-10-7-20(18-24(23)36-4)26-25(27(32)22-9-8-21(35-3)17-19(22)2)28(33)29(34)31(26)12-6-11-30-13-15-37-16-14-30/h7-10,17-18,26,32H,5-6,11-16H2,1-4H3/t26-/m1/s1. The third kappa shape index (κ3) is 5.63. The number of morpholine rings is 1. The predicted molar refractivity (Wildman–Crippen MR) is 143 cm³/mol. The maximum Gasteiger partial charge on any atom is 0.295 e. The number of carbonyl (C=O) groups excluding carboxylic acids is 2. The summed E-state index contributed by atoms with van der Waals surface area (Å²) in [5.41, 5.74) is 1.91. The number of Topliss-reactive ketones (excluding diaryl/α,β-unsaturated/α-hetero) is 1. The van der Waals surface area contributed by atoms with E-state index >= 15 is 0 Å². The first-order valence-corrected chi connectivity index (χ1v) is 12.9. The summed E-state index contributed by atoms with van der Waals surface area (Å²) in [6, 6.07) is 9.77. The summed E-state index contributed by atoms with van der Waals surface area (Å²) in [6.07, 6.45) is 0.680. The van der Waals surface area contributed by atoms with Gasteiger partial charge in [-0.3, -0.25) is 14.5 Å². The number of aliphatic hydroxyl groups excluding tert-OH is 1.